The van der Waals surface area contributed by atoms with Crippen LogP contribution >= 0.6 is 0 Å². The van der Waals surface area contributed by atoms with Crippen LogP contribution in [0, 0.1) is 0 Å². The van der Waals surface area contributed by atoms with Crippen LogP contribution in [0.1, 0.15) is 24.0 Å². The second-order valence-corrected chi connectivity index (χ2v) is 4.26. The van der Waals surface area contributed by atoms with E-state index in [1.54, 1.807) is 6.07 Å². The lowest BCUT2D eigenvalue weighted by atomic mass is 9.96. The fourth-order valence-corrected chi connectivity index (χ4v) is 2.30. The van der Waals surface area contributed by atoms with Crippen molar-refractivity contribution in [1.29, 1.82) is 0 Å². The quantitative estimate of drug-likeness (QED) is 0.725. The summed E-state index contributed by atoms with van der Waals surface area (Å²) in [7, 11) is 0. The monoisotopic (exact) mass is 227 g/mol. The lowest BCUT2D eigenvalue weighted by molar-refractivity contribution is -0.136. The van der Waals surface area contributed by atoms with Crippen LogP contribution in [0.25, 0.3) is 0 Å². The Kier molecular flexibility index (Phi) is 1.57. The molecule has 2 nitrogen and oxygen atoms in total. The van der Waals surface area contributed by atoms with Gasteiger partial charge in [0.1, 0.15) is 0 Å². The fraction of sp³-hybridized carbons (Fsp3) is 0.364. The first kappa shape index (κ1) is 9.69. The van der Waals surface area contributed by atoms with Crippen LogP contribution in [0.3, 0.4) is 0 Å². The van der Waals surface area contributed by atoms with Crippen molar-refractivity contribution in [2.24, 2.45) is 0 Å². The molecule has 1 fully saturated rings. The smallest absolute Gasteiger partial charge is 0.324 e. The molecule has 1 aliphatic carbocycles. The Morgan fingerprint density at radius 1 is 1.25 bits per heavy atom. The van der Waals surface area contributed by atoms with Gasteiger partial charge in [-0.2, -0.15) is 13.2 Å². The van der Waals surface area contributed by atoms with Gasteiger partial charge in [0.25, 0.3) is 0 Å². The highest BCUT2D eigenvalue weighted by Gasteiger charge is 2.57. The van der Waals surface area contributed by atoms with Crippen LogP contribution in [-0.4, -0.2) is 5.91 Å². The summed E-state index contributed by atoms with van der Waals surface area (Å²) in [6.07, 6.45) is -3.13. The molecular formula is C11H8F3NO. The Bertz CT molecular complexity index is 488. The van der Waals surface area contributed by atoms with Crippen LogP contribution in [0.4, 0.5) is 18.9 Å². The van der Waals surface area contributed by atoms with Crippen molar-refractivity contribution < 1.29 is 18.0 Å². The number of carbonyl (C=O) groups excluding carboxylic acids is 1. The zero-order valence-electron chi connectivity index (χ0n) is 8.19. The van der Waals surface area contributed by atoms with Crippen LogP contribution < -0.4 is 5.32 Å². The van der Waals surface area contributed by atoms with Gasteiger partial charge in [0, 0.05) is 0 Å². The molecule has 1 aromatic rings. The summed E-state index contributed by atoms with van der Waals surface area (Å²) in [4.78, 5) is 11.6. The van der Waals surface area contributed by atoms with Gasteiger partial charge in [-0.05, 0) is 24.5 Å². The largest absolute Gasteiger partial charge is 0.418 e. The molecule has 0 radical (unpaired) electrons. The molecule has 16 heavy (non-hydrogen) atoms. The first-order chi connectivity index (χ1) is 7.45. The zero-order valence-corrected chi connectivity index (χ0v) is 8.19. The van der Waals surface area contributed by atoms with Gasteiger partial charge in [-0.25, -0.2) is 0 Å². The lowest BCUT2D eigenvalue weighted by Gasteiger charge is -2.11. The van der Waals surface area contributed by atoms with E-state index in [0.29, 0.717) is 18.4 Å². The predicted octanol–water partition coefficient (Wildman–Crippen LogP) is 2.69. The topological polar surface area (TPSA) is 29.1 Å². The van der Waals surface area contributed by atoms with E-state index in [4.69, 9.17) is 0 Å². The van der Waals surface area contributed by atoms with E-state index in [1.165, 1.54) is 6.07 Å². The molecule has 1 amide bonds. The molecule has 1 aliphatic heterocycles. The van der Waals surface area contributed by atoms with Crippen molar-refractivity contribution in [3.05, 3.63) is 29.3 Å². The Balaban J connectivity index is 2.21. The van der Waals surface area contributed by atoms with Crippen LogP contribution in [-0.2, 0) is 16.4 Å². The number of benzene rings is 1. The molecule has 1 saturated carbocycles. The fourth-order valence-electron chi connectivity index (χ4n) is 2.30. The maximum Gasteiger partial charge on any atom is 0.418 e. The number of amides is 1. The van der Waals surface area contributed by atoms with Gasteiger partial charge in [0.15, 0.2) is 0 Å². The van der Waals surface area contributed by atoms with E-state index >= 15 is 0 Å². The molecule has 0 atom stereocenters. The maximum absolute atomic E-state index is 12.7. The van der Waals surface area contributed by atoms with Crippen molar-refractivity contribution in [3.8, 4) is 0 Å². The lowest BCUT2D eigenvalue weighted by Crippen LogP contribution is -2.18. The highest BCUT2D eigenvalue weighted by Crippen LogP contribution is 2.57. The minimum Gasteiger partial charge on any atom is -0.324 e. The molecule has 84 valence electrons. The summed E-state index contributed by atoms with van der Waals surface area (Å²) in [5.74, 6) is -0.292. The van der Waals surface area contributed by atoms with Crippen LogP contribution in [0.2, 0.25) is 0 Å². The summed E-state index contributed by atoms with van der Waals surface area (Å²) < 4.78 is 38.1. The molecule has 0 bridgehead atoms. The number of hydrogen-bond acceptors (Lipinski definition) is 1. The summed E-state index contributed by atoms with van der Waals surface area (Å²) in [6.45, 7) is 0. The van der Waals surface area contributed by atoms with Gasteiger partial charge in [-0.15, -0.1) is 0 Å². The number of hydrogen-bond donors (Lipinski definition) is 1. The Labute approximate surface area is 89.5 Å². The number of fused-ring (bicyclic) bond motifs is 2. The SMILES string of the molecule is O=C1Nc2c(C(F)(F)F)cccc2C12CC2. The number of rotatable bonds is 0. The number of halogens is 3. The molecule has 0 aromatic heterocycles. The average molecular weight is 227 g/mol. The predicted molar refractivity (Wildman–Crippen MR) is 51.0 cm³/mol. The maximum atomic E-state index is 12.7. The van der Waals surface area contributed by atoms with E-state index < -0.39 is 17.2 Å². The Hall–Kier alpha value is -1.52. The summed E-state index contributed by atoms with van der Waals surface area (Å²) >= 11 is 0. The van der Waals surface area contributed by atoms with Gasteiger partial charge in [-0.3, -0.25) is 4.79 Å². The van der Waals surface area contributed by atoms with E-state index in [-0.39, 0.29) is 11.6 Å². The second-order valence-electron chi connectivity index (χ2n) is 4.26. The number of alkyl halides is 3. The molecule has 5 heteroatoms. The Morgan fingerprint density at radius 2 is 1.94 bits per heavy atom. The standard InChI is InChI=1S/C11H8F3NO/c12-11(13,14)7-3-1-2-6-8(7)15-9(16)10(6)4-5-10/h1-3H,4-5H2,(H,15,16). The third-order valence-corrected chi connectivity index (χ3v) is 3.31. The zero-order chi connectivity index (χ0) is 11.6. The van der Waals surface area contributed by atoms with Gasteiger partial charge in [-0.1, -0.05) is 12.1 Å². The number of nitrogens with one attached hydrogen (secondary N) is 1. The van der Waals surface area contributed by atoms with E-state index in [2.05, 4.69) is 5.32 Å². The van der Waals surface area contributed by atoms with Gasteiger partial charge in [0.2, 0.25) is 5.91 Å². The molecule has 2 aliphatic rings. The van der Waals surface area contributed by atoms with Gasteiger partial charge < -0.3 is 5.32 Å². The summed E-state index contributed by atoms with van der Waals surface area (Å²) in [6, 6.07) is 3.97. The molecule has 1 aromatic carbocycles. The minimum absolute atomic E-state index is 0.0440. The number of carbonyl (C=O) groups is 1. The molecule has 0 unspecified atom stereocenters. The third kappa shape index (κ3) is 1.06. The first-order valence-corrected chi connectivity index (χ1v) is 4.97. The normalized spacial score (nSPS) is 20.8. The van der Waals surface area contributed by atoms with Crippen molar-refractivity contribution in [3.63, 3.8) is 0 Å². The van der Waals surface area contributed by atoms with Crippen LogP contribution in [0.15, 0.2) is 18.2 Å². The molecule has 1 heterocycles. The molecule has 3 rings (SSSR count). The number of para-hydroxylation sites is 1. The van der Waals surface area contributed by atoms with Crippen molar-refractivity contribution in [2.75, 3.05) is 5.32 Å². The molecular weight excluding hydrogens is 219 g/mol. The highest BCUT2D eigenvalue weighted by molar-refractivity contribution is 6.09. The number of anilines is 1. The van der Waals surface area contributed by atoms with Gasteiger partial charge in [0.05, 0.1) is 16.7 Å². The summed E-state index contributed by atoms with van der Waals surface area (Å²) in [5, 5.41) is 2.37. The first-order valence-electron chi connectivity index (χ1n) is 4.97. The molecule has 1 N–H and O–H groups in total. The molecule has 1 spiro atoms. The van der Waals surface area contributed by atoms with E-state index in [1.807, 2.05) is 0 Å². The third-order valence-electron chi connectivity index (χ3n) is 3.31. The van der Waals surface area contributed by atoms with E-state index in [0.717, 1.165) is 6.07 Å². The van der Waals surface area contributed by atoms with Crippen molar-refractivity contribution in [2.45, 2.75) is 24.4 Å². The average Bonchev–Trinajstić information content (AvgIpc) is 2.91. The van der Waals surface area contributed by atoms with Crippen molar-refractivity contribution in [1.82, 2.24) is 0 Å². The summed E-state index contributed by atoms with van der Waals surface area (Å²) in [5.41, 5.74) is -0.941. The Morgan fingerprint density at radius 3 is 2.50 bits per heavy atom. The van der Waals surface area contributed by atoms with Crippen LogP contribution in [0.5, 0.6) is 0 Å². The van der Waals surface area contributed by atoms with Crippen molar-refractivity contribution >= 4 is 11.6 Å². The molecule has 0 saturated heterocycles. The van der Waals surface area contributed by atoms with E-state index in [9.17, 15) is 18.0 Å². The highest BCUT2D eigenvalue weighted by atomic mass is 19.4. The second kappa shape index (κ2) is 2.59. The van der Waals surface area contributed by atoms with Gasteiger partial charge >= 0.3 is 6.18 Å². The minimum atomic E-state index is -4.42.